The number of aliphatic carboxylic acids is 1. The first-order valence-corrected chi connectivity index (χ1v) is 6.44. The van der Waals surface area contributed by atoms with Crippen molar-refractivity contribution in [2.75, 3.05) is 19.7 Å². The van der Waals surface area contributed by atoms with Crippen LogP contribution < -0.4 is 0 Å². The maximum atomic E-state index is 12.5. The van der Waals surface area contributed by atoms with Gasteiger partial charge in [0.1, 0.15) is 6.54 Å². The molecule has 106 valence electrons. The van der Waals surface area contributed by atoms with Crippen LogP contribution in [-0.4, -0.2) is 41.6 Å². The van der Waals surface area contributed by atoms with Crippen LogP contribution in [-0.2, 0) is 20.7 Å². The van der Waals surface area contributed by atoms with Gasteiger partial charge in [-0.1, -0.05) is 30.3 Å². The van der Waals surface area contributed by atoms with Crippen molar-refractivity contribution in [1.29, 1.82) is 0 Å². The SMILES string of the molecule is C=CCN(CC(=O)O)C(=O)C1OCCc2ccccc21. The van der Waals surface area contributed by atoms with Crippen LogP contribution in [0, 0.1) is 0 Å². The fraction of sp³-hybridized carbons (Fsp3) is 0.333. The van der Waals surface area contributed by atoms with E-state index in [9.17, 15) is 9.59 Å². The summed E-state index contributed by atoms with van der Waals surface area (Å²) in [5.74, 6) is -1.39. The van der Waals surface area contributed by atoms with Crippen molar-refractivity contribution in [1.82, 2.24) is 4.90 Å². The lowest BCUT2D eigenvalue weighted by molar-refractivity contribution is -0.151. The lowest BCUT2D eigenvalue weighted by Crippen LogP contribution is -2.41. The van der Waals surface area contributed by atoms with Crippen LogP contribution in [0.2, 0.25) is 0 Å². The van der Waals surface area contributed by atoms with E-state index in [1.807, 2.05) is 24.3 Å². The van der Waals surface area contributed by atoms with Gasteiger partial charge < -0.3 is 14.7 Å². The van der Waals surface area contributed by atoms with Crippen LogP contribution in [0.25, 0.3) is 0 Å². The Hall–Kier alpha value is -2.14. The number of hydrogen-bond acceptors (Lipinski definition) is 3. The average Bonchev–Trinajstić information content (AvgIpc) is 2.45. The number of carbonyl (C=O) groups excluding carboxylic acids is 1. The standard InChI is InChI=1S/C15H17NO4/c1-2-8-16(10-13(17)18)15(19)14-12-6-4-3-5-11(12)7-9-20-14/h2-6,14H,1,7-10H2,(H,17,18). The summed E-state index contributed by atoms with van der Waals surface area (Å²) >= 11 is 0. The lowest BCUT2D eigenvalue weighted by Gasteiger charge is -2.29. The predicted octanol–water partition coefficient (Wildman–Crippen LogP) is 1.40. The van der Waals surface area contributed by atoms with Gasteiger partial charge >= 0.3 is 5.97 Å². The smallest absolute Gasteiger partial charge is 0.323 e. The van der Waals surface area contributed by atoms with E-state index < -0.39 is 12.1 Å². The van der Waals surface area contributed by atoms with E-state index >= 15 is 0 Å². The molecule has 0 saturated carbocycles. The summed E-state index contributed by atoms with van der Waals surface area (Å²) in [7, 11) is 0. The number of carboxylic acids is 1. The zero-order valence-corrected chi connectivity index (χ0v) is 11.1. The third kappa shape index (κ3) is 3.05. The van der Waals surface area contributed by atoms with E-state index in [4.69, 9.17) is 9.84 Å². The second-order valence-electron chi connectivity index (χ2n) is 4.60. The fourth-order valence-corrected chi connectivity index (χ4v) is 2.32. The fourth-order valence-electron chi connectivity index (χ4n) is 2.32. The molecule has 5 nitrogen and oxygen atoms in total. The van der Waals surface area contributed by atoms with Gasteiger partial charge in [-0.25, -0.2) is 0 Å². The number of hydrogen-bond donors (Lipinski definition) is 1. The highest BCUT2D eigenvalue weighted by molar-refractivity contribution is 5.86. The van der Waals surface area contributed by atoms with Gasteiger partial charge in [-0.15, -0.1) is 6.58 Å². The zero-order chi connectivity index (χ0) is 14.5. The van der Waals surface area contributed by atoms with Gasteiger partial charge in [0.15, 0.2) is 6.10 Å². The van der Waals surface area contributed by atoms with Crippen LogP contribution in [0.1, 0.15) is 17.2 Å². The highest BCUT2D eigenvalue weighted by Gasteiger charge is 2.31. The molecule has 0 spiro atoms. The van der Waals surface area contributed by atoms with Gasteiger partial charge in [0.2, 0.25) is 0 Å². The second kappa shape index (κ2) is 6.34. The molecule has 5 heteroatoms. The Morgan fingerprint density at radius 1 is 1.45 bits per heavy atom. The van der Waals surface area contributed by atoms with Crippen LogP contribution >= 0.6 is 0 Å². The van der Waals surface area contributed by atoms with Crippen molar-refractivity contribution in [2.24, 2.45) is 0 Å². The van der Waals surface area contributed by atoms with Gasteiger partial charge in [-0.2, -0.15) is 0 Å². The third-order valence-electron chi connectivity index (χ3n) is 3.21. The summed E-state index contributed by atoms with van der Waals surface area (Å²) in [4.78, 5) is 24.6. The first kappa shape index (κ1) is 14.3. The minimum absolute atomic E-state index is 0.188. The van der Waals surface area contributed by atoms with Gasteiger partial charge in [0.25, 0.3) is 5.91 Å². The monoisotopic (exact) mass is 275 g/mol. The quantitative estimate of drug-likeness (QED) is 0.825. The molecule has 1 unspecified atom stereocenters. The second-order valence-corrected chi connectivity index (χ2v) is 4.60. The lowest BCUT2D eigenvalue weighted by atomic mass is 9.97. The van der Waals surface area contributed by atoms with Gasteiger partial charge in [0.05, 0.1) is 6.61 Å². The van der Waals surface area contributed by atoms with E-state index in [2.05, 4.69) is 6.58 Å². The molecule has 0 aliphatic carbocycles. The van der Waals surface area contributed by atoms with Crippen LogP contribution in [0.15, 0.2) is 36.9 Å². The van der Waals surface area contributed by atoms with Crippen molar-refractivity contribution in [3.05, 3.63) is 48.0 Å². The molecule has 1 N–H and O–H groups in total. The van der Waals surface area contributed by atoms with E-state index in [0.29, 0.717) is 6.61 Å². The minimum Gasteiger partial charge on any atom is -0.480 e. The summed E-state index contributed by atoms with van der Waals surface area (Å²) in [6.45, 7) is 3.85. The van der Waals surface area contributed by atoms with E-state index in [1.165, 1.54) is 11.0 Å². The molecule has 2 rings (SSSR count). The normalized spacial score (nSPS) is 17.1. The third-order valence-corrected chi connectivity index (χ3v) is 3.21. The molecule has 0 fully saturated rings. The molecule has 0 radical (unpaired) electrons. The predicted molar refractivity (Wildman–Crippen MR) is 73.3 cm³/mol. The van der Waals surface area contributed by atoms with E-state index in [-0.39, 0.29) is 19.0 Å². The Morgan fingerprint density at radius 3 is 2.90 bits per heavy atom. The number of nitrogens with zero attached hydrogens (tertiary/aromatic N) is 1. The molecule has 1 aromatic rings. The summed E-state index contributed by atoms with van der Waals surface area (Å²) in [5, 5.41) is 8.88. The Bertz CT molecular complexity index is 526. The molecule has 1 amide bonds. The van der Waals surface area contributed by atoms with Gasteiger partial charge in [0, 0.05) is 6.54 Å². The number of amides is 1. The van der Waals surface area contributed by atoms with Crippen molar-refractivity contribution >= 4 is 11.9 Å². The molecular formula is C15H17NO4. The summed E-state index contributed by atoms with van der Waals surface area (Å²) in [5.41, 5.74) is 1.90. The van der Waals surface area contributed by atoms with Crippen molar-refractivity contribution < 1.29 is 19.4 Å². The highest BCUT2D eigenvalue weighted by atomic mass is 16.5. The molecular weight excluding hydrogens is 258 g/mol. The molecule has 1 atom stereocenters. The average molecular weight is 275 g/mol. The maximum Gasteiger partial charge on any atom is 0.323 e. The minimum atomic E-state index is -1.05. The molecule has 1 aliphatic rings. The first-order chi connectivity index (χ1) is 9.63. The molecule has 0 saturated heterocycles. The topological polar surface area (TPSA) is 66.8 Å². The van der Waals surface area contributed by atoms with Crippen molar-refractivity contribution in [3.8, 4) is 0 Å². The molecule has 20 heavy (non-hydrogen) atoms. The van der Waals surface area contributed by atoms with Gasteiger partial charge in [-0.3, -0.25) is 9.59 Å². The summed E-state index contributed by atoms with van der Waals surface area (Å²) in [6.07, 6.45) is 1.55. The maximum absolute atomic E-state index is 12.5. The Balaban J connectivity index is 2.23. The van der Waals surface area contributed by atoms with Crippen LogP contribution in [0.3, 0.4) is 0 Å². The zero-order valence-electron chi connectivity index (χ0n) is 11.1. The Kier molecular flexibility index (Phi) is 4.53. The van der Waals surface area contributed by atoms with Crippen LogP contribution in [0.4, 0.5) is 0 Å². The highest BCUT2D eigenvalue weighted by Crippen LogP contribution is 2.28. The molecule has 0 aromatic heterocycles. The first-order valence-electron chi connectivity index (χ1n) is 6.44. The molecule has 1 aliphatic heterocycles. The number of ether oxygens (including phenoxy) is 1. The van der Waals surface area contributed by atoms with Crippen molar-refractivity contribution in [3.63, 3.8) is 0 Å². The number of fused-ring (bicyclic) bond motifs is 1. The number of carboxylic acid groups (broad SMARTS) is 1. The number of benzene rings is 1. The summed E-state index contributed by atoms with van der Waals surface area (Å²) in [6, 6.07) is 7.59. The largest absolute Gasteiger partial charge is 0.480 e. The van der Waals surface area contributed by atoms with E-state index in [1.54, 1.807) is 0 Å². The van der Waals surface area contributed by atoms with Gasteiger partial charge in [-0.05, 0) is 17.5 Å². The molecule has 0 bridgehead atoms. The van der Waals surface area contributed by atoms with Crippen molar-refractivity contribution in [2.45, 2.75) is 12.5 Å². The number of rotatable bonds is 5. The van der Waals surface area contributed by atoms with Crippen LogP contribution in [0.5, 0.6) is 0 Å². The molecule has 1 heterocycles. The Morgan fingerprint density at radius 2 is 2.20 bits per heavy atom. The Labute approximate surface area is 117 Å². The summed E-state index contributed by atoms with van der Waals surface area (Å²) < 4.78 is 5.56. The molecule has 1 aromatic carbocycles. The van der Waals surface area contributed by atoms with E-state index in [0.717, 1.165) is 17.5 Å². The number of carbonyl (C=O) groups is 2.